The minimum Gasteiger partial charge on any atom is -0.456 e. The third-order valence-corrected chi connectivity index (χ3v) is 1.76. The molecule has 0 atom stereocenters. The number of nitrogens with zero attached hydrogens (tertiary/aromatic N) is 1. The first-order valence-electron chi connectivity index (χ1n) is 4.28. The number of benzene rings is 1. The lowest BCUT2D eigenvalue weighted by atomic mass is 10.3. The van der Waals surface area contributed by atoms with E-state index in [-0.39, 0.29) is 5.75 Å². The summed E-state index contributed by atoms with van der Waals surface area (Å²) in [6, 6.07) is 6.72. The Bertz CT molecular complexity index is 459. The maximum atomic E-state index is 12.8. The molecule has 4 heteroatoms. The van der Waals surface area contributed by atoms with Crippen LogP contribution in [0.15, 0.2) is 42.7 Å². The van der Waals surface area contributed by atoms with Crippen molar-refractivity contribution in [3.8, 4) is 11.5 Å². The Balaban J connectivity index is 2.22. The van der Waals surface area contributed by atoms with Crippen molar-refractivity contribution in [2.75, 3.05) is 0 Å². The molecule has 1 aromatic carbocycles. The van der Waals surface area contributed by atoms with Gasteiger partial charge in [-0.05, 0) is 24.3 Å². The van der Waals surface area contributed by atoms with Gasteiger partial charge in [-0.3, -0.25) is 4.98 Å². The van der Waals surface area contributed by atoms with Crippen molar-refractivity contribution in [1.82, 2.24) is 4.98 Å². The third kappa shape index (κ3) is 2.28. The largest absolute Gasteiger partial charge is 0.456 e. The van der Waals surface area contributed by atoms with Crippen LogP contribution in [0.4, 0.5) is 8.78 Å². The van der Waals surface area contributed by atoms with Gasteiger partial charge >= 0.3 is 0 Å². The molecule has 0 spiro atoms. The van der Waals surface area contributed by atoms with E-state index < -0.39 is 11.6 Å². The second-order valence-corrected chi connectivity index (χ2v) is 2.87. The Morgan fingerprint density at radius 1 is 1.00 bits per heavy atom. The van der Waals surface area contributed by atoms with E-state index in [1.54, 1.807) is 18.3 Å². The summed E-state index contributed by atoms with van der Waals surface area (Å²) in [4.78, 5) is 3.83. The summed E-state index contributed by atoms with van der Waals surface area (Å²) in [5, 5.41) is 0. The highest BCUT2D eigenvalue weighted by Crippen LogP contribution is 2.21. The molecule has 1 aromatic heterocycles. The minimum absolute atomic E-state index is 0.238. The fraction of sp³-hybridized carbons (Fsp3) is 0. The van der Waals surface area contributed by atoms with Crippen molar-refractivity contribution in [3.63, 3.8) is 0 Å². The lowest BCUT2D eigenvalue weighted by Gasteiger charge is -2.04. The molecule has 0 aliphatic rings. The van der Waals surface area contributed by atoms with Crippen LogP contribution in [-0.2, 0) is 0 Å². The molecule has 0 N–H and O–H groups in total. The Morgan fingerprint density at radius 3 is 2.53 bits per heavy atom. The smallest absolute Gasteiger partial charge is 0.162 e. The van der Waals surface area contributed by atoms with Gasteiger partial charge in [-0.15, -0.1) is 0 Å². The lowest BCUT2D eigenvalue weighted by Crippen LogP contribution is -1.88. The normalized spacial score (nSPS) is 10.0. The molecule has 15 heavy (non-hydrogen) atoms. The van der Waals surface area contributed by atoms with E-state index in [9.17, 15) is 8.78 Å². The van der Waals surface area contributed by atoms with E-state index in [0.29, 0.717) is 5.75 Å². The molecule has 2 aromatic rings. The summed E-state index contributed by atoms with van der Waals surface area (Å²) >= 11 is 0. The van der Waals surface area contributed by atoms with Crippen LogP contribution in [0.1, 0.15) is 0 Å². The first-order valence-corrected chi connectivity index (χ1v) is 4.28. The van der Waals surface area contributed by atoms with Crippen molar-refractivity contribution in [2.24, 2.45) is 0 Å². The highest BCUT2D eigenvalue weighted by molar-refractivity contribution is 5.29. The topological polar surface area (TPSA) is 22.1 Å². The van der Waals surface area contributed by atoms with Crippen LogP contribution in [0.3, 0.4) is 0 Å². The Hall–Kier alpha value is -1.97. The molecular weight excluding hydrogens is 200 g/mol. The number of halogens is 2. The zero-order valence-corrected chi connectivity index (χ0v) is 7.65. The maximum absolute atomic E-state index is 12.8. The van der Waals surface area contributed by atoms with Crippen LogP contribution in [0.5, 0.6) is 11.5 Å². The Labute approximate surface area is 85.2 Å². The van der Waals surface area contributed by atoms with E-state index in [1.807, 2.05) is 0 Å². The molecule has 0 bridgehead atoms. The van der Waals surface area contributed by atoms with Gasteiger partial charge in [0.2, 0.25) is 0 Å². The molecule has 2 rings (SSSR count). The van der Waals surface area contributed by atoms with Crippen molar-refractivity contribution in [2.45, 2.75) is 0 Å². The van der Waals surface area contributed by atoms with Crippen molar-refractivity contribution in [1.29, 1.82) is 0 Å². The SMILES string of the molecule is Fc1ccc(Oc2cccnc2)cc1F. The molecule has 1 heterocycles. The summed E-state index contributed by atoms with van der Waals surface area (Å²) in [6.07, 6.45) is 3.08. The van der Waals surface area contributed by atoms with Gasteiger partial charge in [-0.1, -0.05) is 0 Å². The minimum atomic E-state index is -0.934. The first-order chi connectivity index (χ1) is 7.25. The highest BCUT2D eigenvalue weighted by atomic mass is 19.2. The standard InChI is InChI=1S/C11H7F2NO/c12-10-4-3-8(6-11(10)13)15-9-2-1-5-14-7-9/h1-7H. The molecule has 0 saturated heterocycles. The van der Waals surface area contributed by atoms with E-state index in [0.717, 1.165) is 12.1 Å². The Morgan fingerprint density at radius 2 is 1.87 bits per heavy atom. The lowest BCUT2D eigenvalue weighted by molar-refractivity contribution is 0.460. The quantitative estimate of drug-likeness (QED) is 0.754. The molecule has 0 radical (unpaired) electrons. The molecule has 0 saturated carbocycles. The van der Waals surface area contributed by atoms with Gasteiger partial charge in [0.25, 0.3) is 0 Å². The van der Waals surface area contributed by atoms with Crippen LogP contribution < -0.4 is 4.74 Å². The summed E-state index contributed by atoms with van der Waals surface area (Å²) in [5.41, 5.74) is 0. The van der Waals surface area contributed by atoms with Gasteiger partial charge in [-0.2, -0.15) is 0 Å². The van der Waals surface area contributed by atoms with Crippen molar-refractivity contribution < 1.29 is 13.5 Å². The van der Waals surface area contributed by atoms with Gasteiger partial charge in [0, 0.05) is 12.3 Å². The highest BCUT2D eigenvalue weighted by Gasteiger charge is 2.03. The van der Waals surface area contributed by atoms with Crippen LogP contribution in [0, 0.1) is 11.6 Å². The van der Waals surface area contributed by atoms with Gasteiger partial charge in [0.1, 0.15) is 11.5 Å². The fourth-order valence-electron chi connectivity index (χ4n) is 1.08. The predicted octanol–water partition coefficient (Wildman–Crippen LogP) is 3.15. The average Bonchev–Trinajstić information content (AvgIpc) is 2.25. The van der Waals surface area contributed by atoms with Crippen molar-refractivity contribution >= 4 is 0 Å². The third-order valence-electron chi connectivity index (χ3n) is 1.76. The molecule has 0 amide bonds. The van der Waals surface area contributed by atoms with Gasteiger partial charge < -0.3 is 4.74 Å². The maximum Gasteiger partial charge on any atom is 0.162 e. The predicted molar refractivity (Wildman–Crippen MR) is 50.7 cm³/mol. The van der Waals surface area contributed by atoms with Crippen LogP contribution in [-0.4, -0.2) is 4.98 Å². The molecular formula is C11H7F2NO. The molecule has 76 valence electrons. The number of hydrogen-bond donors (Lipinski definition) is 0. The van der Waals surface area contributed by atoms with E-state index >= 15 is 0 Å². The van der Waals surface area contributed by atoms with Gasteiger partial charge in [0.05, 0.1) is 6.20 Å². The van der Waals surface area contributed by atoms with Gasteiger partial charge in [0.15, 0.2) is 11.6 Å². The van der Waals surface area contributed by atoms with Gasteiger partial charge in [-0.25, -0.2) is 8.78 Å². The number of aromatic nitrogens is 1. The van der Waals surface area contributed by atoms with E-state index in [1.165, 1.54) is 12.3 Å². The second kappa shape index (κ2) is 4.04. The summed E-state index contributed by atoms with van der Waals surface area (Å²) < 4.78 is 30.7. The van der Waals surface area contributed by atoms with E-state index in [4.69, 9.17) is 4.74 Å². The number of ether oxygens (including phenoxy) is 1. The number of rotatable bonds is 2. The molecule has 0 aliphatic heterocycles. The van der Waals surface area contributed by atoms with Crippen LogP contribution in [0.2, 0.25) is 0 Å². The zero-order chi connectivity index (χ0) is 10.7. The second-order valence-electron chi connectivity index (χ2n) is 2.87. The molecule has 0 aliphatic carbocycles. The van der Waals surface area contributed by atoms with Crippen LogP contribution >= 0.6 is 0 Å². The zero-order valence-electron chi connectivity index (χ0n) is 7.65. The summed E-state index contributed by atoms with van der Waals surface area (Å²) in [7, 11) is 0. The Kier molecular flexibility index (Phi) is 2.58. The first kappa shape index (κ1) is 9.58. The number of pyridine rings is 1. The van der Waals surface area contributed by atoms with Crippen molar-refractivity contribution in [3.05, 3.63) is 54.4 Å². The summed E-state index contributed by atoms with van der Waals surface area (Å²) in [6.45, 7) is 0. The van der Waals surface area contributed by atoms with E-state index in [2.05, 4.69) is 4.98 Å². The average molecular weight is 207 g/mol. The fourth-order valence-corrected chi connectivity index (χ4v) is 1.08. The molecule has 0 unspecified atom stereocenters. The summed E-state index contributed by atoms with van der Waals surface area (Å²) in [5.74, 6) is -1.12. The number of hydrogen-bond acceptors (Lipinski definition) is 2. The monoisotopic (exact) mass is 207 g/mol. The molecule has 0 fully saturated rings. The molecule has 2 nitrogen and oxygen atoms in total. The van der Waals surface area contributed by atoms with Crippen LogP contribution in [0.25, 0.3) is 0 Å².